The van der Waals surface area contributed by atoms with Crippen LogP contribution in [-0.2, 0) is 11.0 Å². The molecule has 2 aromatic rings. The summed E-state index contributed by atoms with van der Waals surface area (Å²) in [5.41, 5.74) is 1.61. The molecule has 2 rings (SSSR count). The van der Waals surface area contributed by atoms with Gasteiger partial charge >= 0.3 is 7.52 Å². The van der Waals surface area contributed by atoms with Gasteiger partial charge in [-0.15, -0.1) is 0 Å². The molecule has 0 aliphatic rings. The molecule has 0 bridgehead atoms. The fourth-order valence-electron chi connectivity index (χ4n) is 1.80. The van der Waals surface area contributed by atoms with Crippen molar-refractivity contribution in [2.45, 2.75) is 13.3 Å². The molecule has 1 N–H and O–H groups in total. The van der Waals surface area contributed by atoms with Gasteiger partial charge in [0.1, 0.15) is 11.6 Å². The first-order valence-corrected chi connectivity index (χ1v) is 8.45. The lowest BCUT2D eigenvalue weighted by Gasteiger charge is -2.17. The van der Waals surface area contributed by atoms with Crippen LogP contribution in [-0.4, -0.2) is 6.66 Å². The van der Waals surface area contributed by atoms with Crippen LogP contribution < -0.4 is 9.61 Å². The normalized spacial score (nSPS) is 13.6. The second-order valence-electron chi connectivity index (χ2n) is 4.56. The Morgan fingerprint density at radius 2 is 1.90 bits per heavy atom. The van der Waals surface area contributed by atoms with Crippen LogP contribution in [0.5, 0.6) is 5.75 Å². The lowest BCUT2D eigenvalue weighted by molar-refractivity contribution is 0.493. The maximum atomic E-state index is 13.1. The van der Waals surface area contributed by atoms with Crippen LogP contribution in [0.2, 0.25) is 0 Å². The number of benzene rings is 2. The Morgan fingerprint density at radius 1 is 1.20 bits per heavy atom. The van der Waals surface area contributed by atoms with Crippen molar-refractivity contribution in [3.63, 3.8) is 0 Å². The number of aryl methyl sites for hydroxylation is 1. The molecule has 0 heterocycles. The highest BCUT2D eigenvalue weighted by atomic mass is 31.2. The second kappa shape index (κ2) is 6.10. The lowest BCUT2D eigenvalue weighted by atomic mass is 10.2. The molecule has 0 fully saturated rings. The van der Waals surface area contributed by atoms with Crippen LogP contribution in [0.4, 0.5) is 10.1 Å². The maximum Gasteiger partial charge on any atom is 0.338 e. The Hall–Kier alpha value is -1.80. The summed E-state index contributed by atoms with van der Waals surface area (Å²) in [6.45, 7) is 3.53. The summed E-state index contributed by atoms with van der Waals surface area (Å²) in [7, 11) is -3.10. The third-order valence-corrected chi connectivity index (χ3v) is 3.99. The Labute approximate surface area is 118 Å². The average molecular weight is 293 g/mol. The van der Waals surface area contributed by atoms with E-state index in [1.807, 2.05) is 12.1 Å². The zero-order valence-corrected chi connectivity index (χ0v) is 12.4. The van der Waals surface area contributed by atoms with E-state index >= 15 is 0 Å². The van der Waals surface area contributed by atoms with Gasteiger partial charge in [0.2, 0.25) is 0 Å². The Balaban J connectivity index is 2.08. The Bertz CT molecular complexity index is 628. The van der Waals surface area contributed by atoms with E-state index in [9.17, 15) is 8.96 Å². The van der Waals surface area contributed by atoms with Gasteiger partial charge in [0.15, 0.2) is 0 Å². The number of anilines is 1. The molecule has 0 aliphatic carbocycles. The van der Waals surface area contributed by atoms with E-state index in [4.69, 9.17) is 4.52 Å². The van der Waals surface area contributed by atoms with Gasteiger partial charge in [-0.05, 0) is 42.3 Å². The van der Waals surface area contributed by atoms with Crippen LogP contribution in [0.25, 0.3) is 0 Å². The van der Waals surface area contributed by atoms with Crippen LogP contribution in [0, 0.1) is 5.82 Å². The molecule has 0 spiro atoms. The monoisotopic (exact) mass is 293 g/mol. The molecule has 0 radical (unpaired) electrons. The van der Waals surface area contributed by atoms with Gasteiger partial charge in [-0.1, -0.05) is 25.1 Å². The van der Waals surface area contributed by atoms with Gasteiger partial charge in [0, 0.05) is 12.4 Å². The summed E-state index contributed by atoms with van der Waals surface area (Å²) in [6.07, 6.45) is 0.936. The molecule has 2 aromatic carbocycles. The van der Waals surface area contributed by atoms with Gasteiger partial charge in [-0.25, -0.2) is 4.39 Å². The van der Waals surface area contributed by atoms with Crippen molar-refractivity contribution in [3.8, 4) is 5.75 Å². The fourth-order valence-corrected chi connectivity index (χ4v) is 2.98. The van der Waals surface area contributed by atoms with Crippen LogP contribution in [0.15, 0.2) is 48.5 Å². The van der Waals surface area contributed by atoms with E-state index in [1.54, 1.807) is 24.3 Å². The minimum Gasteiger partial charge on any atom is -0.429 e. The predicted molar refractivity (Wildman–Crippen MR) is 80.0 cm³/mol. The summed E-state index contributed by atoms with van der Waals surface area (Å²) in [5.74, 6) is 0.138. The summed E-state index contributed by atoms with van der Waals surface area (Å²) >= 11 is 0. The summed E-state index contributed by atoms with van der Waals surface area (Å²) < 4.78 is 30.9. The molecule has 1 atom stereocenters. The van der Waals surface area contributed by atoms with E-state index in [1.165, 1.54) is 24.4 Å². The Kier molecular flexibility index (Phi) is 4.46. The highest BCUT2D eigenvalue weighted by molar-refractivity contribution is 7.60. The van der Waals surface area contributed by atoms with Crippen LogP contribution >= 0.6 is 7.52 Å². The largest absolute Gasteiger partial charge is 0.429 e. The molecule has 0 saturated heterocycles. The fraction of sp³-hybridized carbons (Fsp3) is 0.200. The van der Waals surface area contributed by atoms with Crippen molar-refractivity contribution in [2.75, 3.05) is 11.8 Å². The SMILES string of the molecule is CCc1ccc(OP(C)(=O)Nc2cccc(F)c2)cc1. The topological polar surface area (TPSA) is 38.3 Å². The van der Waals surface area contributed by atoms with Gasteiger partial charge in [0.05, 0.1) is 0 Å². The highest BCUT2D eigenvalue weighted by Gasteiger charge is 2.17. The highest BCUT2D eigenvalue weighted by Crippen LogP contribution is 2.43. The first kappa shape index (κ1) is 14.6. The van der Waals surface area contributed by atoms with Crippen molar-refractivity contribution in [1.82, 2.24) is 0 Å². The van der Waals surface area contributed by atoms with Crippen molar-refractivity contribution in [1.29, 1.82) is 0 Å². The summed E-state index contributed by atoms with van der Waals surface area (Å²) in [6, 6.07) is 13.2. The number of halogens is 1. The molecule has 0 amide bonds. The van der Waals surface area contributed by atoms with Crippen LogP contribution in [0.1, 0.15) is 12.5 Å². The van der Waals surface area contributed by atoms with Crippen LogP contribution in [0.3, 0.4) is 0 Å². The minimum absolute atomic E-state index is 0.387. The standard InChI is InChI=1S/C15H17FNO2P/c1-3-12-7-9-15(10-8-12)19-20(2,18)17-14-6-4-5-13(16)11-14/h4-11H,3H2,1-2H3,(H,17,18). The maximum absolute atomic E-state index is 13.1. The molecular formula is C15H17FNO2P. The van der Waals surface area contributed by atoms with Gasteiger partial charge in [-0.2, -0.15) is 0 Å². The smallest absolute Gasteiger partial charge is 0.338 e. The minimum atomic E-state index is -3.10. The zero-order valence-electron chi connectivity index (χ0n) is 11.5. The number of hydrogen-bond acceptors (Lipinski definition) is 2. The van der Waals surface area contributed by atoms with E-state index in [2.05, 4.69) is 12.0 Å². The van der Waals surface area contributed by atoms with Crippen molar-refractivity contribution >= 4 is 13.2 Å². The van der Waals surface area contributed by atoms with Gasteiger partial charge < -0.3 is 9.61 Å². The van der Waals surface area contributed by atoms with E-state index in [0.717, 1.165) is 6.42 Å². The first-order chi connectivity index (χ1) is 9.48. The molecule has 1 unspecified atom stereocenters. The molecule has 106 valence electrons. The molecule has 0 saturated carbocycles. The van der Waals surface area contributed by atoms with Crippen molar-refractivity contribution < 1.29 is 13.5 Å². The molecule has 0 aromatic heterocycles. The predicted octanol–water partition coefficient (Wildman–Crippen LogP) is 4.70. The van der Waals surface area contributed by atoms with E-state index in [-0.39, 0.29) is 5.82 Å². The number of rotatable bonds is 5. The van der Waals surface area contributed by atoms with Crippen molar-refractivity contribution in [2.24, 2.45) is 0 Å². The van der Waals surface area contributed by atoms with Gasteiger partial charge in [0.25, 0.3) is 0 Å². The molecule has 20 heavy (non-hydrogen) atoms. The summed E-state index contributed by atoms with van der Waals surface area (Å²) in [4.78, 5) is 0. The molecule has 0 aliphatic heterocycles. The van der Waals surface area contributed by atoms with E-state index in [0.29, 0.717) is 11.4 Å². The van der Waals surface area contributed by atoms with E-state index < -0.39 is 7.52 Å². The lowest BCUT2D eigenvalue weighted by Crippen LogP contribution is -2.02. The molecule has 3 nitrogen and oxygen atoms in total. The van der Waals surface area contributed by atoms with Gasteiger partial charge in [-0.3, -0.25) is 4.57 Å². The average Bonchev–Trinajstić information content (AvgIpc) is 2.38. The quantitative estimate of drug-likeness (QED) is 0.812. The first-order valence-electron chi connectivity index (χ1n) is 6.38. The molecule has 5 heteroatoms. The Morgan fingerprint density at radius 3 is 2.50 bits per heavy atom. The third kappa shape index (κ3) is 4.10. The zero-order chi connectivity index (χ0) is 14.6. The second-order valence-corrected chi connectivity index (χ2v) is 6.65. The number of hydrogen-bond donors (Lipinski definition) is 1. The number of nitrogens with one attached hydrogen (secondary N) is 1. The van der Waals surface area contributed by atoms with Crippen molar-refractivity contribution in [3.05, 3.63) is 59.9 Å². The molecular weight excluding hydrogens is 276 g/mol. The summed E-state index contributed by atoms with van der Waals surface area (Å²) in [5, 5.41) is 2.73. The third-order valence-electron chi connectivity index (χ3n) is 2.77.